The molecule has 8 nitrogen and oxygen atoms in total. The van der Waals surface area contributed by atoms with Crippen LogP contribution in [0.1, 0.15) is 44.3 Å². The highest BCUT2D eigenvalue weighted by molar-refractivity contribution is 5.79. The Labute approximate surface area is 157 Å². The third kappa shape index (κ3) is 4.10. The van der Waals surface area contributed by atoms with Gasteiger partial charge in [0.2, 0.25) is 5.91 Å². The summed E-state index contributed by atoms with van der Waals surface area (Å²) < 4.78 is 10.5. The van der Waals surface area contributed by atoms with E-state index in [1.807, 2.05) is 0 Å². The number of rotatable bonds is 6. The highest BCUT2D eigenvalue weighted by Gasteiger charge is 2.25. The first-order chi connectivity index (χ1) is 13.0. The molecule has 0 spiro atoms. The molecule has 2 N–H and O–H groups in total. The van der Waals surface area contributed by atoms with Crippen molar-refractivity contribution in [2.75, 3.05) is 14.2 Å². The quantitative estimate of drug-likeness (QED) is 0.805. The van der Waals surface area contributed by atoms with Gasteiger partial charge in [-0.25, -0.2) is 0 Å². The fourth-order valence-corrected chi connectivity index (χ4v) is 3.33. The number of nitrogens with one attached hydrogen (secondary N) is 2. The Morgan fingerprint density at radius 2 is 1.89 bits per heavy atom. The minimum absolute atomic E-state index is 0.0230. The summed E-state index contributed by atoms with van der Waals surface area (Å²) in [5.41, 5.74) is 0.450. The summed E-state index contributed by atoms with van der Waals surface area (Å²) in [7, 11) is 3.09. The Balaban J connectivity index is 1.79. The summed E-state index contributed by atoms with van der Waals surface area (Å²) >= 11 is 0. The monoisotopic (exact) mass is 372 g/mol. The van der Waals surface area contributed by atoms with Crippen LogP contribution >= 0.6 is 0 Å². The minimum atomic E-state index is -0.506. The first-order valence-electron chi connectivity index (χ1n) is 9.03. The van der Waals surface area contributed by atoms with Crippen LogP contribution in [0.15, 0.2) is 23.0 Å². The van der Waals surface area contributed by atoms with Crippen molar-refractivity contribution >= 4 is 5.91 Å². The molecule has 1 saturated carbocycles. The van der Waals surface area contributed by atoms with Crippen LogP contribution in [0.2, 0.25) is 0 Å². The third-order valence-electron chi connectivity index (χ3n) is 4.87. The van der Waals surface area contributed by atoms with Crippen molar-refractivity contribution in [3.05, 3.63) is 34.2 Å². The van der Waals surface area contributed by atoms with Crippen molar-refractivity contribution in [2.45, 2.75) is 38.6 Å². The van der Waals surface area contributed by atoms with E-state index in [1.165, 1.54) is 7.11 Å². The van der Waals surface area contributed by atoms with Crippen molar-refractivity contribution in [1.29, 1.82) is 0 Å². The Hall–Kier alpha value is -2.90. The molecule has 1 fully saturated rings. The Morgan fingerprint density at radius 1 is 1.19 bits per heavy atom. The average Bonchev–Trinajstić information content (AvgIpc) is 3.22. The van der Waals surface area contributed by atoms with E-state index in [9.17, 15) is 9.59 Å². The van der Waals surface area contributed by atoms with Gasteiger partial charge in [-0.05, 0) is 38.0 Å². The molecule has 1 atom stereocenters. The molecule has 0 saturated heterocycles. The summed E-state index contributed by atoms with van der Waals surface area (Å²) in [5.74, 6) is 1.44. The molecule has 0 radical (unpaired) electrons. The van der Waals surface area contributed by atoms with Gasteiger partial charge in [0, 0.05) is 11.5 Å². The Bertz CT molecular complexity index is 874. The van der Waals surface area contributed by atoms with Gasteiger partial charge in [-0.1, -0.05) is 12.8 Å². The molecular formula is C19H24N4O4. The molecule has 8 heteroatoms. The number of aromatic amines is 1. The summed E-state index contributed by atoms with van der Waals surface area (Å²) in [6.45, 7) is 1.74. The van der Waals surface area contributed by atoms with Crippen LogP contribution in [0, 0.1) is 5.92 Å². The molecule has 1 aromatic heterocycles. The van der Waals surface area contributed by atoms with Crippen molar-refractivity contribution in [2.24, 2.45) is 5.92 Å². The van der Waals surface area contributed by atoms with Gasteiger partial charge in [0.1, 0.15) is 0 Å². The second-order valence-electron chi connectivity index (χ2n) is 6.67. The molecule has 1 amide bonds. The molecule has 1 heterocycles. The summed E-state index contributed by atoms with van der Waals surface area (Å²) in [6, 6.07) is 4.69. The molecule has 0 bridgehead atoms. The van der Waals surface area contributed by atoms with E-state index in [0.717, 1.165) is 25.7 Å². The molecule has 1 aliphatic rings. The zero-order valence-electron chi connectivity index (χ0n) is 15.7. The smallest absolute Gasteiger partial charge is 0.275 e. The molecule has 2 aromatic rings. The van der Waals surface area contributed by atoms with Crippen LogP contribution in [0.5, 0.6) is 11.5 Å². The van der Waals surface area contributed by atoms with E-state index in [2.05, 4.69) is 20.5 Å². The van der Waals surface area contributed by atoms with Gasteiger partial charge < -0.3 is 19.8 Å². The van der Waals surface area contributed by atoms with E-state index >= 15 is 0 Å². The second kappa shape index (κ2) is 8.20. The van der Waals surface area contributed by atoms with E-state index in [-0.39, 0.29) is 23.1 Å². The number of ether oxygens (including phenoxy) is 2. The van der Waals surface area contributed by atoms with Gasteiger partial charge >= 0.3 is 0 Å². The summed E-state index contributed by atoms with van der Waals surface area (Å²) in [4.78, 5) is 27.5. The van der Waals surface area contributed by atoms with E-state index in [4.69, 9.17) is 9.47 Å². The first kappa shape index (κ1) is 18.9. The molecule has 3 rings (SSSR count). The summed E-state index contributed by atoms with van der Waals surface area (Å²) in [5, 5.41) is 11.0. The van der Waals surface area contributed by atoms with Gasteiger partial charge in [-0.3, -0.25) is 9.59 Å². The SMILES string of the molecule is COc1ccc(-c2nnc(C(C)NC(=O)C3CCCC3)c(=O)[nH]2)cc1OC. The van der Waals surface area contributed by atoms with Crippen molar-refractivity contribution < 1.29 is 14.3 Å². The maximum Gasteiger partial charge on any atom is 0.275 e. The van der Waals surface area contributed by atoms with Crippen molar-refractivity contribution in [1.82, 2.24) is 20.5 Å². The van der Waals surface area contributed by atoms with Gasteiger partial charge in [0.25, 0.3) is 5.56 Å². The lowest BCUT2D eigenvalue weighted by molar-refractivity contribution is -0.125. The number of nitrogens with zero attached hydrogens (tertiary/aromatic N) is 2. The topological polar surface area (TPSA) is 106 Å². The molecule has 27 heavy (non-hydrogen) atoms. The number of carbonyl (C=O) groups is 1. The van der Waals surface area contributed by atoms with Crippen LogP contribution < -0.4 is 20.3 Å². The Kier molecular flexibility index (Phi) is 5.73. The van der Waals surface area contributed by atoms with Crippen molar-refractivity contribution in [3.63, 3.8) is 0 Å². The van der Waals surface area contributed by atoms with Crippen LogP contribution in [-0.4, -0.2) is 35.3 Å². The molecule has 1 unspecified atom stereocenters. The largest absolute Gasteiger partial charge is 0.493 e. The van der Waals surface area contributed by atoms with E-state index < -0.39 is 6.04 Å². The lowest BCUT2D eigenvalue weighted by atomic mass is 10.1. The van der Waals surface area contributed by atoms with Crippen LogP contribution in [0.3, 0.4) is 0 Å². The van der Waals surface area contributed by atoms with Gasteiger partial charge in [0.05, 0.1) is 20.3 Å². The number of H-pyrrole nitrogens is 1. The lowest BCUT2D eigenvalue weighted by Crippen LogP contribution is -2.35. The van der Waals surface area contributed by atoms with Crippen LogP contribution in [0.4, 0.5) is 0 Å². The predicted molar refractivity (Wildman–Crippen MR) is 99.7 cm³/mol. The number of hydrogen-bond acceptors (Lipinski definition) is 6. The number of benzene rings is 1. The number of carbonyl (C=O) groups excluding carboxylic acids is 1. The summed E-state index contributed by atoms with van der Waals surface area (Å²) in [6.07, 6.45) is 3.96. The maximum atomic E-state index is 12.5. The Morgan fingerprint density at radius 3 is 2.52 bits per heavy atom. The molecule has 144 valence electrons. The standard InChI is InChI=1S/C19H24N4O4/c1-11(20-18(24)12-6-4-5-7-12)16-19(25)21-17(23-22-16)13-8-9-14(26-2)15(10-13)27-3/h8-12H,4-7H2,1-3H3,(H,20,24)(H,21,23,25). The van der Waals surface area contributed by atoms with Crippen molar-refractivity contribution in [3.8, 4) is 22.9 Å². The minimum Gasteiger partial charge on any atom is -0.493 e. The fraction of sp³-hybridized carbons (Fsp3) is 0.474. The van der Waals surface area contributed by atoms with Crippen LogP contribution in [0.25, 0.3) is 11.4 Å². The molecular weight excluding hydrogens is 348 g/mol. The van der Waals surface area contributed by atoms with Gasteiger partial charge in [0.15, 0.2) is 23.0 Å². The van der Waals surface area contributed by atoms with Crippen LogP contribution in [-0.2, 0) is 4.79 Å². The zero-order valence-corrected chi connectivity index (χ0v) is 15.7. The lowest BCUT2D eigenvalue weighted by Gasteiger charge is -2.15. The van der Waals surface area contributed by atoms with E-state index in [1.54, 1.807) is 32.2 Å². The normalized spacial score (nSPS) is 15.4. The van der Waals surface area contributed by atoms with Gasteiger partial charge in [-0.15, -0.1) is 10.2 Å². The fourth-order valence-electron chi connectivity index (χ4n) is 3.33. The highest BCUT2D eigenvalue weighted by atomic mass is 16.5. The highest BCUT2D eigenvalue weighted by Crippen LogP contribution is 2.30. The average molecular weight is 372 g/mol. The van der Waals surface area contributed by atoms with Gasteiger partial charge in [-0.2, -0.15) is 0 Å². The molecule has 0 aliphatic heterocycles. The molecule has 1 aromatic carbocycles. The number of amides is 1. The number of hydrogen-bond donors (Lipinski definition) is 2. The molecule has 1 aliphatic carbocycles. The number of methoxy groups -OCH3 is 2. The maximum absolute atomic E-state index is 12.5. The second-order valence-corrected chi connectivity index (χ2v) is 6.67. The first-order valence-corrected chi connectivity index (χ1v) is 9.03. The third-order valence-corrected chi connectivity index (χ3v) is 4.87. The number of aromatic nitrogens is 3. The predicted octanol–water partition coefficient (Wildman–Crippen LogP) is 2.22. The zero-order chi connectivity index (χ0) is 19.4. The van der Waals surface area contributed by atoms with E-state index in [0.29, 0.717) is 22.9 Å².